The summed E-state index contributed by atoms with van der Waals surface area (Å²) in [6.07, 6.45) is 0. The van der Waals surface area contributed by atoms with Gasteiger partial charge in [0.25, 0.3) is 11.8 Å². The molecule has 0 aliphatic carbocycles. The molecule has 2 aromatic rings. The van der Waals surface area contributed by atoms with Crippen LogP contribution < -0.4 is 4.74 Å². The summed E-state index contributed by atoms with van der Waals surface area (Å²) < 4.78 is 10.6. The average molecular weight is 392 g/mol. The van der Waals surface area contributed by atoms with E-state index in [1.807, 2.05) is 26.0 Å². The fourth-order valence-electron chi connectivity index (χ4n) is 3.01. The SMILES string of the molecule is Cc1cc(C(=O)N2CCN(C(=O)COc3cc(C)c(Cl)c(C)c3)CC2)no1. The van der Waals surface area contributed by atoms with Crippen molar-refractivity contribution in [2.24, 2.45) is 0 Å². The van der Waals surface area contributed by atoms with Crippen LogP contribution in [0.15, 0.2) is 22.7 Å². The number of halogens is 1. The molecule has 0 unspecified atom stereocenters. The molecule has 1 aromatic heterocycles. The van der Waals surface area contributed by atoms with Crippen molar-refractivity contribution in [1.82, 2.24) is 15.0 Å². The Kier molecular flexibility index (Phi) is 5.70. The van der Waals surface area contributed by atoms with E-state index in [-0.39, 0.29) is 18.4 Å². The first-order valence-electron chi connectivity index (χ1n) is 8.75. The molecule has 8 heteroatoms. The lowest BCUT2D eigenvalue weighted by Crippen LogP contribution is -2.51. The van der Waals surface area contributed by atoms with Crippen molar-refractivity contribution in [2.45, 2.75) is 20.8 Å². The van der Waals surface area contributed by atoms with Crippen molar-refractivity contribution >= 4 is 23.4 Å². The summed E-state index contributed by atoms with van der Waals surface area (Å²) in [7, 11) is 0. The lowest BCUT2D eigenvalue weighted by atomic mass is 10.1. The maximum Gasteiger partial charge on any atom is 0.276 e. The Morgan fingerprint density at radius 3 is 2.22 bits per heavy atom. The molecule has 0 N–H and O–H groups in total. The van der Waals surface area contributed by atoms with Crippen LogP contribution >= 0.6 is 11.6 Å². The molecule has 1 saturated heterocycles. The van der Waals surface area contributed by atoms with Crippen LogP contribution in [0.25, 0.3) is 0 Å². The first-order chi connectivity index (χ1) is 12.8. The molecule has 2 heterocycles. The van der Waals surface area contributed by atoms with Crippen LogP contribution in [0, 0.1) is 20.8 Å². The van der Waals surface area contributed by atoms with Gasteiger partial charge in [0.2, 0.25) is 0 Å². The fourth-order valence-corrected chi connectivity index (χ4v) is 3.12. The van der Waals surface area contributed by atoms with Gasteiger partial charge in [-0.05, 0) is 44.0 Å². The van der Waals surface area contributed by atoms with Gasteiger partial charge in [0.05, 0.1) is 0 Å². The molecule has 0 atom stereocenters. The highest BCUT2D eigenvalue weighted by molar-refractivity contribution is 6.32. The Bertz CT molecular complexity index is 833. The predicted molar refractivity (Wildman–Crippen MR) is 100 cm³/mol. The second-order valence-electron chi connectivity index (χ2n) is 6.66. The largest absolute Gasteiger partial charge is 0.484 e. The Hall–Kier alpha value is -2.54. The number of piperazine rings is 1. The van der Waals surface area contributed by atoms with E-state index in [1.54, 1.807) is 22.8 Å². The number of carbonyl (C=O) groups is 2. The molecule has 2 amide bonds. The van der Waals surface area contributed by atoms with Gasteiger partial charge in [-0.2, -0.15) is 0 Å². The first-order valence-corrected chi connectivity index (χ1v) is 9.13. The van der Waals surface area contributed by atoms with Gasteiger partial charge in [0.1, 0.15) is 11.5 Å². The Morgan fingerprint density at radius 2 is 1.67 bits per heavy atom. The number of carbonyl (C=O) groups excluding carboxylic acids is 2. The van der Waals surface area contributed by atoms with E-state index in [1.165, 1.54) is 0 Å². The molecule has 0 saturated carbocycles. The summed E-state index contributed by atoms with van der Waals surface area (Å²) in [6, 6.07) is 5.25. The number of hydrogen-bond donors (Lipinski definition) is 0. The normalized spacial score (nSPS) is 14.4. The van der Waals surface area contributed by atoms with Crippen LogP contribution in [0.2, 0.25) is 5.02 Å². The smallest absolute Gasteiger partial charge is 0.276 e. The van der Waals surface area contributed by atoms with Crippen molar-refractivity contribution in [3.8, 4) is 5.75 Å². The zero-order valence-corrected chi connectivity index (χ0v) is 16.4. The molecule has 0 bridgehead atoms. The Balaban J connectivity index is 1.50. The molecule has 3 rings (SSSR count). The van der Waals surface area contributed by atoms with E-state index in [0.29, 0.717) is 48.4 Å². The van der Waals surface area contributed by atoms with Crippen LogP contribution in [0.5, 0.6) is 5.75 Å². The van der Waals surface area contributed by atoms with Crippen LogP contribution in [-0.4, -0.2) is 59.6 Å². The minimum Gasteiger partial charge on any atom is -0.484 e. The summed E-state index contributed by atoms with van der Waals surface area (Å²) in [5.41, 5.74) is 2.12. The predicted octanol–water partition coefficient (Wildman–Crippen LogP) is 2.62. The van der Waals surface area contributed by atoms with E-state index in [9.17, 15) is 9.59 Å². The quantitative estimate of drug-likeness (QED) is 0.800. The molecule has 1 aliphatic heterocycles. The maximum absolute atomic E-state index is 12.4. The lowest BCUT2D eigenvalue weighted by Gasteiger charge is -2.34. The van der Waals surface area contributed by atoms with Crippen LogP contribution in [0.1, 0.15) is 27.4 Å². The first kappa shape index (κ1) is 19.2. The van der Waals surface area contributed by atoms with Gasteiger partial charge in [-0.15, -0.1) is 0 Å². The monoisotopic (exact) mass is 391 g/mol. The highest BCUT2D eigenvalue weighted by atomic mass is 35.5. The third kappa shape index (κ3) is 4.42. The van der Waals surface area contributed by atoms with Crippen molar-refractivity contribution in [2.75, 3.05) is 32.8 Å². The van der Waals surface area contributed by atoms with Gasteiger partial charge in [0, 0.05) is 37.3 Å². The van der Waals surface area contributed by atoms with Gasteiger partial charge in [-0.1, -0.05) is 16.8 Å². The molecule has 1 fully saturated rings. The number of nitrogens with zero attached hydrogens (tertiary/aromatic N) is 3. The summed E-state index contributed by atoms with van der Waals surface area (Å²) in [4.78, 5) is 28.1. The molecule has 7 nitrogen and oxygen atoms in total. The third-order valence-electron chi connectivity index (χ3n) is 4.54. The van der Waals surface area contributed by atoms with Gasteiger partial charge in [0.15, 0.2) is 12.3 Å². The molecular formula is C19H22ClN3O4. The van der Waals surface area contributed by atoms with E-state index in [2.05, 4.69) is 5.16 Å². The zero-order chi connectivity index (χ0) is 19.6. The molecule has 1 aliphatic rings. The minimum atomic E-state index is -0.178. The fraction of sp³-hybridized carbons (Fsp3) is 0.421. The second kappa shape index (κ2) is 8.00. The maximum atomic E-state index is 12.4. The number of amides is 2. The number of hydrogen-bond acceptors (Lipinski definition) is 5. The Morgan fingerprint density at radius 1 is 1.07 bits per heavy atom. The van der Waals surface area contributed by atoms with Crippen LogP contribution in [0.4, 0.5) is 0 Å². The minimum absolute atomic E-state index is 0.0447. The van der Waals surface area contributed by atoms with Crippen LogP contribution in [0.3, 0.4) is 0 Å². The van der Waals surface area contributed by atoms with E-state index in [4.69, 9.17) is 20.9 Å². The molecule has 0 spiro atoms. The van der Waals surface area contributed by atoms with Crippen molar-refractivity contribution in [1.29, 1.82) is 0 Å². The van der Waals surface area contributed by atoms with Crippen LogP contribution in [-0.2, 0) is 4.79 Å². The number of rotatable bonds is 4. The number of benzene rings is 1. The Labute approximate surface area is 162 Å². The summed E-state index contributed by atoms with van der Waals surface area (Å²) in [5.74, 6) is 0.932. The van der Waals surface area contributed by atoms with Gasteiger partial charge in [-0.25, -0.2) is 0 Å². The summed E-state index contributed by atoms with van der Waals surface area (Å²) >= 11 is 6.15. The molecule has 0 radical (unpaired) electrons. The van der Waals surface area contributed by atoms with Gasteiger partial charge in [-0.3, -0.25) is 9.59 Å². The van der Waals surface area contributed by atoms with E-state index in [0.717, 1.165) is 11.1 Å². The second-order valence-corrected chi connectivity index (χ2v) is 7.03. The molecule has 27 heavy (non-hydrogen) atoms. The standard InChI is InChI=1S/C19H22ClN3O4/c1-12-8-15(9-13(2)18(12)20)26-11-17(24)22-4-6-23(7-5-22)19(25)16-10-14(3)27-21-16/h8-10H,4-7,11H2,1-3H3. The number of aryl methyl sites for hydroxylation is 3. The van der Waals surface area contributed by atoms with Gasteiger partial charge < -0.3 is 19.1 Å². The average Bonchev–Trinajstić information content (AvgIpc) is 3.10. The van der Waals surface area contributed by atoms with E-state index < -0.39 is 0 Å². The third-order valence-corrected chi connectivity index (χ3v) is 5.14. The zero-order valence-electron chi connectivity index (χ0n) is 15.6. The van der Waals surface area contributed by atoms with Crippen molar-refractivity contribution in [3.63, 3.8) is 0 Å². The highest BCUT2D eigenvalue weighted by Gasteiger charge is 2.26. The summed E-state index contributed by atoms with van der Waals surface area (Å²) in [6.45, 7) is 7.33. The molecule has 144 valence electrons. The number of ether oxygens (including phenoxy) is 1. The lowest BCUT2D eigenvalue weighted by molar-refractivity contribution is -0.134. The van der Waals surface area contributed by atoms with E-state index >= 15 is 0 Å². The van der Waals surface area contributed by atoms with Crippen molar-refractivity contribution < 1.29 is 18.8 Å². The van der Waals surface area contributed by atoms with Crippen molar-refractivity contribution in [3.05, 3.63) is 45.8 Å². The van der Waals surface area contributed by atoms with Gasteiger partial charge >= 0.3 is 0 Å². The summed E-state index contributed by atoms with van der Waals surface area (Å²) in [5, 5.41) is 4.46. The highest BCUT2D eigenvalue weighted by Crippen LogP contribution is 2.25. The topological polar surface area (TPSA) is 75.9 Å². The molecule has 1 aromatic carbocycles. The number of aromatic nitrogens is 1. The molecular weight excluding hydrogens is 370 g/mol.